The molecule has 9 heteroatoms. The van der Waals surface area contributed by atoms with Crippen molar-refractivity contribution in [3.05, 3.63) is 70.4 Å². The van der Waals surface area contributed by atoms with Crippen molar-refractivity contribution in [2.45, 2.75) is 19.9 Å². The zero-order chi connectivity index (χ0) is 21.7. The van der Waals surface area contributed by atoms with Crippen LogP contribution in [0.25, 0.3) is 16.9 Å². The van der Waals surface area contributed by atoms with Crippen molar-refractivity contribution in [2.75, 3.05) is 13.1 Å². The van der Waals surface area contributed by atoms with Gasteiger partial charge >= 0.3 is 0 Å². The smallest absolute Gasteiger partial charge is 0.295 e. The summed E-state index contributed by atoms with van der Waals surface area (Å²) in [5.74, 6) is -0.831. The Bertz CT molecular complexity index is 1170. The summed E-state index contributed by atoms with van der Waals surface area (Å²) in [7, 11) is 0. The first kappa shape index (κ1) is 21.3. The maximum atomic E-state index is 13.0. The molecule has 30 heavy (non-hydrogen) atoms. The highest BCUT2D eigenvalue weighted by atomic mass is 35.5. The molecule has 0 aliphatic rings. The predicted molar refractivity (Wildman–Crippen MR) is 116 cm³/mol. The lowest BCUT2D eigenvalue weighted by molar-refractivity contribution is -0.120. The van der Waals surface area contributed by atoms with Gasteiger partial charge in [-0.2, -0.15) is 0 Å². The van der Waals surface area contributed by atoms with Crippen molar-refractivity contribution < 1.29 is 9.59 Å². The molecule has 2 N–H and O–H groups in total. The Morgan fingerprint density at radius 3 is 2.70 bits per heavy atom. The van der Waals surface area contributed by atoms with Crippen molar-refractivity contribution in [3.63, 3.8) is 0 Å². The van der Waals surface area contributed by atoms with Crippen LogP contribution >= 0.6 is 11.6 Å². The zero-order valence-corrected chi connectivity index (χ0v) is 17.3. The van der Waals surface area contributed by atoms with Gasteiger partial charge in [-0.3, -0.25) is 23.4 Å². The maximum Gasteiger partial charge on any atom is 0.295 e. The number of rotatable bonds is 8. The van der Waals surface area contributed by atoms with E-state index in [1.807, 2.05) is 19.1 Å². The number of imidazole rings is 1. The minimum Gasteiger partial charge on any atom is -0.355 e. The Balaban J connectivity index is 1.98. The van der Waals surface area contributed by atoms with Gasteiger partial charge in [0.2, 0.25) is 11.6 Å². The topological polar surface area (TPSA) is 97.5 Å². The first-order valence-corrected chi connectivity index (χ1v) is 9.87. The molecule has 0 atom stereocenters. The van der Waals surface area contributed by atoms with Gasteiger partial charge in [0.25, 0.3) is 11.5 Å². The van der Waals surface area contributed by atoms with Crippen LogP contribution < -0.4 is 16.2 Å². The number of allylic oxidation sites excluding steroid dienone is 1. The summed E-state index contributed by atoms with van der Waals surface area (Å²) in [6.45, 7) is 6.27. The molecule has 0 bridgehead atoms. The third kappa shape index (κ3) is 4.44. The van der Waals surface area contributed by atoms with E-state index in [2.05, 4.69) is 22.2 Å². The summed E-state index contributed by atoms with van der Waals surface area (Å²) in [6.07, 6.45) is 5.55. The number of amides is 2. The molecule has 0 radical (unpaired) electrons. The highest BCUT2D eigenvalue weighted by molar-refractivity contribution is 6.33. The van der Waals surface area contributed by atoms with E-state index in [-0.39, 0.29) is 35.9 Å². The molecule has 0 saturated carbocycles. The molecule has 3 rings (SSSR count). The first-order chi connectivity index (χ1) is 14.5. The molecule has 1 aromatic carbocycles. The number of carbonyl (C=O) groups is 2. The van der Waals surface area contributed by atoms with Crippen molar-refractivity contribution in [3.8, 4) is 11.3 Å². The fourth-order valence-corrected chi connectivity index (χ4v) is 3.20. The van der Waals surface area contributed by atoms with Gasteiger partial charge in [-0.1, -0.05) is 42.8 Å². The lowest BCUT2D eigenvalue weighted by Gasteiger charge is -2.13. The van der Waals surface area contributed by atoms with Crippen LogP contribution in [0.15, 0.2) is 54.1 Å². The fraction of sp³-hybridized carbons (Fsp3) is 0.238. The SMILES string of the molecule is C=CCn1c(-c2ccccc2Cl)cn2cc(C(=O)NCC(=O)NCCC)nc2c1=O. The monoisotopic (exact) mass is 427 g/mol. The Kier molecular flexibility index (Phi) is 6.68. The van der Waals surface area contributed by atoms with E-state index in [0.29, 0.717) is 22.8 Å². The number of aromatic nitrogens is 3. The molecule has 156 valence electrons. The van der Waals surface area contributed by atoms with Gasteiger partial charge in [0.05, 0.1) is 12.2 Å². The molecule has 0 aliphatic carbocycles. The van der Waals surface area contributed by atoms with Gasteiger partial charge in [-0.25, -0.2) is 4.98 Å². The van der Waals surface area contributed by atoms with Crippen molar-refractivity contribution in [1.82, 2.24) is 24.6 Å². The molecule has 0 aliphatic heterocycles. The number of fused-ring (bicyclic) bond motifs is 1. The average Bonchev–Trinajstić information content (AvgIpc) is 3.17. The van der Waals surface area contributed by atoms with E-state index >= 15 is 0 Å². The number of hydrogen-bond acceptors (Lipinski definition) is 4. The second kappa shape index (κ2) is 9.41. The number of nitrogens with one attached hydrogen (secondary N) is 2. The Morgan fingerprint density at radius 1 is 1.23 bits per heavy atom. The van der Waals surface area contributed by atoms with Gasteiger partial charge < -0.3 is 10.6 Å². The van der Waals surface area contributed by atoms with Crippen LogP contribution in [0.1, 0.15) is 23.8 Å². The maximum absolute atomic E-state index is 13.0. The van der Waals surface area contributed by atoms with Gasteiger partial charge in [-0.15, -0.1) is 6.58 Å². The summed E-state index contributed by atoms with van der Waals surface area (Å²) >= 11 is 6.33. The average molecular weight is 428 g/mol. The van der Waals surface area contributed by atoms with E-state index in [1.54, 1.807) is 24.4 Å². The van der Waals surface area contributed by atoms with E-state index in [9.17, 15) is 14.4 Å². The molecule has 2 aromatic heterocycles. The molecule has 2 heterocycles. The van der Waals surface area contributed by atoms with Gasteiger partial charge in [0, 0.05) is 36.1 Å². The van der Waals surface area contributed by atoms with Gasteiger partial charge in [-0.05, 0) is 12.5 Å². The molecular weight excluding hydrogens is 406 g/mol. The molecule has 0 saturated heterocycles. The summed E-state index contributed by atoms with van der Waals surface area (Å²) < 4.78 is 2.99. The second-order valence-corrected chi connectivity index (χ2v) is 7.00. The van der Waals surface area contributed by atoms with E-state index < -0.39 is 5.91 Å². The second-order valence-electron chi connectivity index (χ2n) is 6.59. The quantitative estimate of drug-likeness (QED) is 0.539. The molecule has 0 unspecified atom stereocenters. The molecule has 0 spiro atoms. The number of nitrogens with zero attached hydrogens (tertiary/aromatic N) is 3. The van der Waals surface area contributed by atoms with E-state index in [0.717, 1.165) is 6.42 Å². The van der Waals surface area contributed by atoms with Crippen LogP contribution in [0, 0.1) is 0 Å². The number of hydrogen-bond donors (Lipinski definition) is 2. The number of halogens is 1. The van der Waals surface area contributed by atoms with Crippen LogP contribution in [0.4, 0.5) is 0 Å². The summed E-state index contributed by atoms with van der Waals surface area (Å²) in [5, 5.41) is 5.67. The molecular formula is C21H22ClN5O3. The van der Waals surface area contributed by atoms with Crippen molar-refractivity contribution in [2.24, 2.45) is 0 Å². The highest BCUT2D eigenvalue weighted by Gasteiger charge is 2.18. The van der Waals surface area contributed by atoms with Crippen LogP contribution in [-0.2, 0) is 11.3 Å². The minimum atomic E-state index is -0.542. The molecule has 0 fully saturated rings. The molecule has 2 amide bonds. The van der Waals surface area contributed by atoms with Crippen molar-refractivity contribution in [1.29, 1.82) is 0 Å². The lowest BCUT2D eigenvalue weighted by Crippen LogP contribution is -2.37. The molecule has 3 aromatic rings. The normalized spacial score (nSPS) is 10.7. The van der Waals surface area contributed by atoms with Crippen LogP contribution in [0.3, 0.4) is 0 Å². The zero-order valence-electron chi connectivity index (χ0n) is 16.5. The number of carbonyl (C=O) groups excluding carboxylic acids is 2. The summed E-state index contributed by atoms with van der Waals surface area (Å²) in [5.41, 5.74) is 0.991. The van der Waals surface area contributed by atoms with Gasteiger partial charge in [0.15, 0.2) is 0 Å². The van der Waals surface area contributed by atoms with Gasteiger partial charge in [0.1, 0.15) is 5.69 Å². The standard InChI is InChI=1S/C21H22ClN5O3/c1-3-9-23-18(28)11-24-20(29)16-12-26-13-17(14-7-5-6-8-15(14)22)27(10-4-2)21(30)19(26)25-16/h4-8,12-13H,2-3,9-11H2,1H3,(H,23,28)(H,24,29). The summed E-state index contributed by atoms with van der Waals surface area (Å²) in [6, 6.07) is 7.17. The predicted octanol–water partition coefficient (Wildman–Crippen LogP) is 2.26. The largest absolute Gasteiger partial charge is 0.355 e. The lowest BCUT2D eigenvalue weighted by atomic mass is 10.1. The van der Waals surface area contributed by atoms with E-state index in [4.69, 9.17) is 11.6 Å². The Hall–Kier alpha value is -3.39. The van der Waals surface area contributed by atoms with Crippen molar-refractivity contribution >= 4 is 29.1 Å². The third-order valence-electron chi connectivity index (χ3n) is 4.40. The van der Waals surface area contributed by atoms with Crippen LogP contribution in [0.2, 0.25) is 5.02 Å². The highest BCUT2D eigenvalue weighted by Crippen LogP contribution is 2.27. The van der Waals surface area contributed by atoms with Crippen LogP contribution in [-0.4, -0.2) is 38.9 Å². The first-order valence-electron chi connectivity index (χ1n) is 9.49. The summed E-state index contributed by atoms with van der Waals surface area (Å²) in [4.78, 5) is 41.3. The fourth-order valence-electron chi connectivity index (χ4n) is 2.96. The number of benzene rings is 1. The minimum absolute atomic E-state index is 0.0388. The van der Waals surface area contributed by atoms with E-state index in [1.165, 1.54) is 15.2 Å². The van der Waals surface area contributed by atoms with Crippen LogP contribution in [0.5, 0.6) is 0 Å². The third-order valence-corrected chi connectivity index (χ3v) is 4.73. The Labute approximate surface area is 178 Å². The molecule has 8 nitrogen and oxygen atoms in total. The Morgan fingerprint density at radius 2 is 2.00 bits per heavy atom.